The fourth-order valence-corrected chi connectivity index (χ4v) is 4.86. The lowest BCUT2D eigenvalue weighted by Crippen LogP contribution is -2.34. The van der Waals surface area contributed by atoms with E-state index < -0.39 is 22.0 Å². The fraction of sp³-hybridized carbons (Fsp3) is 0.304. The van der Waals surface area contributed by atoms with E-state index in [0.717, 1.165) is 11.3 Å². The molecule has 1 heterocycles. The predicted molar refractivity (Wildman–Crippen MR) is 121 cm³/mol. The molecule has 9 heteroatoms. The fourth-order valence-electron chi connectivity index (χ4n) is 3.69. The molecule has 0 radical (unpaired) electrons. The van der Waals surface area contributed by atoms with Crippen LogP contribution in [-0.2, 0) is 26.6 Å². The molecule has 3 aromatic rings. The highest BCUT2D eigenvalue weighted by molar-refractivity contribution is 7.89. The molecule has 1 atom stereocenters. The summed E-state index contributed by atoms with van der Waals surface area (Å²) in [7, 11) is -1.06. The lowest BCUT2D eigenvalue weighted by molar-refractivity contribution is -0.142. The van der Waals surface area contributed by atoms with Gasteiger partial charge in [-0.2, -0.15) is 4.72 Å². The van der Waals surface area contributed by atoms with E-state index in [1.807, 2.05) is 20.8 Å². The average molecular weight is 458 g/mol. The molecule has 0 amide bonds. The number of carbonyl (C=O) groups is 1. The molecule has 0 aliphatic carbocycles. The summed E-state index contributed by atoms with van der Waals surface area (Å²) >= 11 is 0. The summed E-state index contributed by atoms with van der Waals surface area (Å²) in [5, 5.41) is 0. The van der Waals surface area contributed by atoms with Gasteiger partial charge in [-0.25, -0.2) is 17.9 Å². The number of carbonyl (C=O) groups excluding carboxylic acids is 1. The zero-order chi connectivity index (χ0) is 23.6. The summed E-state index contributed by atoms with van der Waals surface area (Å²) in [5.74, 6) is -0.657. The van der Waals surface area contributed by atoms with E-state index in [1.54, 1.807) is 54.2 Å². The lowest BCUT2D eigenvalue weighted by atomic mass is 10.0. The summed E-state index contributed by atoms with van der Waals surface area (Å²) in [5.41, 5.74) is 2.44. The van der Waals surface area contributed by atoms with Crippen molar-refractivity contribution in [3.63, 3.8) is 0 Å². The monoisotopic (exact) mass is 457 g/mol. The zero-order valence-corrected chi connectivity index (χ0v) is 19.5. The molecule has 0 saturated heterocycles. The van der Waals surface area contributed by atoms with E-state index in [-0.39, 0.29) is 16.4 Å². The highest BCUT2D eigenvalue weighted by atomic mass is 32.2. The topological polar surface area (TPSA) is 99.4 Å². The number of hydrogen-bond acceptors (Lipinski definition) is 5. The molecule has 1 aromatic heterocycles. The van der Waals surface area contributed by atoms with Crippen molar-refractivity contribution in [3.05, 3.63) is 81.8 Å². The number of benzene rings is 2. The number of rotatable bonds is 7. The number of ether oxygens (including phenoxy) is 1. The molecular weight excluding hydrogens is 430 g/mol. The Balaban J connectivity index is 1.96. The summed E-state index contributed by atoms with van der Waals surface area (Å²) in [6.45, 7) is 5.80. The lowest BCUT2D eigenvalue weighted by Gasteiger charge is -2.17. The van der Waals surface area contributed by atoms with Gasteiger partial charge in [0.15, 0.2) is 0 Å². The van der Waals surface area contributed by atoms with E-state index in [9.17, 15) is 18.0 Å². The van der Waals surface area contributed by atoms with Crippen LogP contribution in [0.3, 0.4) is 0 Å². The minimum Gasteiger partial charge on any atom is -0.468 e. The molecule has 0 bridgehead atoms. The van der Waals surface area contributed by atoms with Crippen molar-refractivity contribution >= 4 is 16.0 Å². The maximum atomic E-state index is 13.0. The predicted octanol–water partition coefficient (Wildman–Crippen LogP) is 2.80. The van der Waals surface area contributed by atoms with E-state index in [1.165, 1.54) is 23.9 Å². The van der Waals surface area contributed by atoms with Crippen LogP contribution in [-0.4, -0.2) is 30.9 Å². The highest BCUT2D eigenvalue weighted by Crippen LogP contribution is 2.21. The van der Waals surface area contributed by atoms with Gasteiger partial charge in [-0.3, -0.25) is 9.48 Å². The summed E-state index contributed by atoms with van der Waals surface area (Å²) in [6.07, 6.45) is 0. The molecule has 0 aliphatic rings. The quantitative estimate of drug-likeness (QED) is 0.550. The van der Waals surface area contributed by atoms with Crippen molar-refractivity contribution < 1.29 is 17.9 Å². The highest BCUT2D eigenvalue weighted by Gasteiger charge is 2.28. The first kappa shape index (κ1) is 23.5. The van der Waals surface area contributed by atoms with Gasteiger partial charge in [0.05, 0.1) is 17.7 Å². The molecule has 0 spiro atoms. The van der Waals surface area contributed by atoms with Crippen LogP contribution in [0.4, 0.5) is 0 Å². The van der Waals surface area contributed by atoms with Gasteiger partial charge in [-0.15, -0.1) is 0 Å². The van der Waals surface area contributed by atoms with Crippen molar-refractivity contribution in [2.75, 3.05) is 7.11 Å². The normalized spacial score (nSPS) is 12.7. The van der Waals surface area contributed by atoms with Gasteiger partial charge in [0.2, 0.25) is 10.0 Å². The second-order valence-electron chi connectivity index (χ2n) is 7.78. The van der Waals surface area contributed by atoms with Gasteiger partial charge in [0, 0.05) is 18.3 Å². The Kier molecular flexibility index (Phi) is 6.71. The first-order valence-corrected chi connectivity index (χ1v) is 11.6. The second-order valence-corrected chi connectivity index (χ2v) is 9.49. The van der Waals surface area contributed by atoms with E-state index in [2.05, 4.69) is 4.72 Å². The Labute approximate surface area is 187 Å². The van der Waals surface area contributed by atoms with E-state index in [0.29, 0.717) is 11.3 Å². The van der Waals surface area contributed by atoms with Crippen LogP contribution in [0.25, 0.3) is 5.69 Å². The van der Waals surface area contributed by atoms with Gasteiger partial charge in [-0.05, 0) is 42.7 Å². The largest absolute Gasteiger partial charge is 0.468 e. The van der Waals surface area contributed by atoms with Crippen LogP contribution < -0.4 is 10.3 Å². The van der Waals surface area contributed by atoms with Crippen LogP contribution in [0.15, 0.2) is 64.3 Å². The smallest absolute Gasteiger partial charge is 0.328 e. The number of aromatic nitrogens is 2. The van der Waals surface area contributed by atoms with Crippen molar-refractivity contribution in [2.24, 2.45) is 7.05 Å². The average Bonchev–Trinajstić information content (AvgIpc) is 3.00. The van der Waals surface area contributed by atoms with Gasteiger partial charge in [0.25, 0.3) is 5.56 Å². The Hall–Kier alpha value is -3.17. The third-order valence-electron chi connectivity index (χ3n) is 5.41. The molecule has 0 saturated carbocycles. The van der Waals surface area contributed by atoms with E-state index >= 15 is 0 Å². The summed E-state index contributed by atoms with van der Waals surface area (Å²) < 4.78 is 36.4. The number of hydrogen-bond donors (Lipinski definition) is 1. The van der Waals surface area contributed by atoms with E-state index in [4.69, 9.17) is 4.74 Å². The molecule has 170 valence electrons. The van der Waals surface area contributed by atoms with Crippen molar-refractivity contribution in [1.29, 1.82) is 0 Å². The van der Waals surface area contributed by atoms with Crippen LogP contribution >= 0.6 is 0 Å². The first-order chi connectivity index (χ1) is 15.1. The molecule has 8 nitrogen and oxygen atoms in total. The molecule has 0 fully saturated rings. The number of nitrogens with zero attached hydrogens (tertiary/aromatic N) is 2. The standard InChI is InChI=1S/C23H27N3O5S/c1-15(2)20-16(3)25(4)26(22(20)27)18-11-13-19(14-12-18)32(29,30)24-21(23(28)31-5)17-9-7-6-8-10-17/h6-15,21,24H,1-5H3. The van der Waals surface area contributed by atoms with Crippen molar-refractivity contribution in [2.45, 2.75) is 37.6 Å². The molecule has 32 heavy (non-hydrogen) atoms. The Morgan fingerprint density at radius 2 is 1.62 bits per heavy atom. The Morgan fingerprint density at radius 1 is 1.03 bits per heavy atom. The molecule has 1 N–H and O–H groups in total. The van der Waals surface area contributed by atoms with Crippen LogP contribution in [0.5, 0.6) is 0 Å². The van der Waals surface area contributed by atoms with Crippen molar-refractivity contribution in [1.82, 2.24) is 14.1 Å². The summed E-state index contributed by atoms with van der Waals surface area (Å²) in [6, 6.07) is 13.2. The number of methoxy groups -OCH3 is 1. The van der Waals surface area contributed by atoms with Crippen LogP contribution in [0, 0.1) is 6.92 Å². The number of nitrogens with one attached hydrogen (secondary N) is 1. The zero-order valence-electron chi connectivity index (χ0n) is 18.7. The molecule has 3 rings (SSSR count). The molecule has 0 aliphatic heterocycles. The SMILES string of the molecule is COC(=O)C(NS(=O)(=O)c1ccc(-n2c(=O)c(C(C)C)c(C)n2C)cc1)c1ccccc1. The third-order valence-corrected chi connectivity index (χ3v) is 6.85. The Bertz CT molecular complexity index is 1270. The van der Waals surface area contributed by atoms with Gasteiger partial charge in [-0.1, -0.05) is 44.2 Å². The minimum absolute atomic E-state index is 0.0332. The van der Waals surface area contributed by atoms with Crippen LogP contribution in [0.1, 0.15) is 42.6 Å². The summed E-state index contributed by atoms with van der Waals surface area (Å²) in [4.78, 5) is 25.1. The maximum absolute atomic E-state index is 13.0. The van der Waals surface area contributed by atoms with Gasteiger partial charge < -0.3 is 4.74 Å². The minimum atomic E-state index is -4.04. The maximum Gasteiger partial charge on any atom is 0.328 e. The molecule has 2 aromatic carbocycles. The van der Waals surface area contributed by atoms with Crippen LogP contribution in [0.2, 0.25) is 0 Å². The van der Waals surface area contributed by atoms with Gasteiger partial charge in [0.1, 0.15) is 6.04 Å². The number of esters is 1. The molecular formula is C23H27N3O5S. The Morgan fingerprint density at radius 3 is 2.12 bits per heavy atom. The molecule has 1 unspecified atom stereocenters. The second kappa shape index (κ2) is 9.13. The third kappa shape index (κ3) is 4.39. The van der Waals surface area contributed by atoms with Gasteiger partial charge >= 0.3 is 5.97 Å². The number of sulfonamides is 1. The van der Waals surface area contributed by atoms with Crippen molar-refractivity contribution in [3.8, 4) is 5.69 Å². The first-order valence-electron chi connectivity index (χ1n) is 10.1.